The first kappa shape index (κ1) is 21.9. The van der Waals surface area contributed by atoms with Gasteiger partial charge in [0.05, 0.1) is 0 Å². The Bertz CT molecular complexity index is 1360. The summed E-state index contributed by atoms with van der Waals surface area (Å²) >= 11 is 7.18. The highest BCUT2D eigenvalue weighted by atomic mass is 79.9. The molecule has 174 valence electrons. The zero-order valence-electron chi connectivity index (χ0n) is 19.6. The third-order valence-electron chi connectivity index (χ3n) is 8.82. The molecule has 0 aromatic heterocycles. The molecule has 0 amide bonds. The molecule has 7 rings (SSSR count). The van der Waals surface area contributed by atoms with E-state index in [4.69, 9.17) is 0 Å². The fourth-order valence-corrected chi connectivity index (χ4v) is 7.56. The number of hydrogen-bond donors (Lipinski definition) is 0. The molecule has 3 atom stereocenters. The maximum absolute atomic E-state index is 3.59. The third kappa shape index (κ3) is 3.62. The van der Waals surface area contributed by atoms with Crippen LogP contribution in [0, 0.1) is 5.41 Å². The van der Waals surface area contributed by atoms with E-state index in [9.17, 15) is 0 Å². The van der Waals surface area contributed by atoms with E-state index < -0.39 is 0 Å². The Balaban J connectivity index is 1.31. The molecule has 35 heavy (non-hydrogen) atoms. The van der Waals surface area contributed by atoms with Crippen LogP contribution in [-0.2, 0) is 0 Å². The fourth-order valence-electron chi connectivity index (χ4n) is 7.03. The van der Waals surface area contributed by atoms with Crippen LogP contribution in [0.2, 0.25) is 0 Å². The minimum Gasteiger partial charge on any atom is -0.310 e. The van der Waals surface area contributed by atoms with Gasteiger partial charge in [-0.15, -0.1) is 0 Å². The minimum atomic E-state index is 0.637. The first-order valence-electron chi connectivity index (χ1n) is 12.7. The molecule has 4 aromatic carbocycles. The van der Waals surface area contributed by atoms with Crippen LogP contribution in [0.15, 0.2) is 99.9 Å². The molecule has 4 aromatic rings. The van der Waals surface area contributed by atoms with E-state index in [1.54, 1.807) is 11.1 Å². The molecular weight excluding hydrogens is 558 g/mol. The molecular formula is C32H27Br2N. The largest absolute Gasteiger partial charge is 0.310 e. The van der Waals surface area contributed by atoms with Crippen molar-refractivity contribution in [1.82, 2.24) is 0 Å². The summed E-state index contributed by atoms with van der Waals surface area (Å²) in [5.41, 5.74) is 10.0. The van der Waals surface area contributed by atoms with E-state index in [0.29, 0.717) is 5.41 Å². The van der Waals surface area contributed by atoms with Crippen molar-refractivity contribution in [2.24, 2.45) is 5.41 Å². The van der Waals surface area contributed by atoms with Gasteiger partial charge < -0.3 is 4.90 Å². The summed E-state index contributed by atoms with van der Waals surface area (Å²) < 4.78 is 2.17. The number of rotatable bonds is 4. The molecule has 0 N–H and O–H groups in total. The van der Waals surface area contributed by atoms with E-state index >= 15 is 0 Å². The number of fused-ring (bicyclic) bond motifs is 4. The lowest BCUT2D eigenvalue weighted by Gasteiger charge is -2.51. The monoisotopic (exact) mass is 583 g/mol. The summed E-state index contributed by atoms with van der Waals surface area (Å²) in [7, 11) is 0. The Kier molecular flexibility index (Phi) is 5.22. The smallest absolute Gasteiger partial charge is 0.0467 e. The van der Waals surface area contributed by atoms with Crippen molar-refractivity contribution in [2.75, 3.05) is 4.90 Å². The van der Waals surface area contributed by atoms with E-state index in [0.717, 1.165) is 32.2 Å². The van der Waals surface area contributed by atoms with Gasteiger partial charge in [0.2, 0.25) is 0 Å². The summed E-state index contributed by atoms with van der Waals surface area (Å²) in [4.78, 5) is 2.34. The zero-order chi connectivity index (χ0) is 23.6. The van der Waals surface area contributed by atoms with Gasteiger partial charge in [0.1, 0.15) is 0 Å². The normalized spacial score (nSPS) is 23.8. The molecule has 3 heteroatoms. The van der Waals surface area contributed by atoms with Crippen LogP contribution in [0.5, 0.6) is 0 Å². The summed E-state index contributed by atoms with van der Waals surface area (Å²) in [6.07, 6.45) is 7.10. The number of benzene rings is 4. The summed E-state index contributed by atoms with van der Waals surface area (Å²) in [5, 5.41) is 0. The average Bonchev–Trinajstić information content (AvgIpc) is 3.31. The fraction of sp³-hybridized carbons (Fsp3) is 0.250. The standard InChI is InChI=1S/C32H27Br2N/c33-24-5-9-26(10-6-24)35(27-11-7-25(34)8-12-27)28-3-1-2-21(18-28)22-4-13-29-23-14-16-32(20-23)17-15-31(32)30(29)19-22/h1-13,18-19,23,31H,14-17,20H2. The highest BCUT2D eigenvalue weighted by Crippen LogP contribution is 2.69. The number of halogens is 2. The average molecular weight is 585 g/mol. The van der Waals surface area contributed by atoms with Gasteiger partial charge >= 0.3 is 0 Å². The van der Waals surface area contributed by atoms with Gasteiger partial charge in [-0.05, 0) is 132 Å². The van der Waals surface area contributed by atoms with Crippen molar-refractivity contribution < 1.29 is 0 Å². The van der Waals surface area contributed by atoms with Crippen LogP contribution in [0.1, 0.15) is 55.1 Å². The van der Waals surface area contributed by atoms with Crippen LogP contribution in [0.25, 0.3) is 11.1 Å². The van der Waals surface area contributed by atoms with Crippen molar-refractivity contribution in [1.29, 1.82) is 0 Å². The maximum Gasteiger partial charge on any atom is 0.0467 e. The van der Waals surface area contributed by atoms with Gasteiger partial charge in [-0.3, -0.25) is 0 Å². The van der Waals surface area contributed by atoms with Crippen LogP contribution in [-0.4, -0.2) is 0 Å². The second-order valence-electron chi connectivity index (χ2n) is 10.6. The molecule has 2 bridgehead atoms. The number of nitrogens with zero attached hydrogens (tertiary/aromatic N) is 1. The predicted octanol–water partition coefficient (Wildman–Crippen LogP) is 10.5. The molecule has 1 nitrogen and oxygen atoms in total. The highest BCUT2D eigenvalue weighted by molar-refractivity contribution is 9.10. The lowest BCUT2D eigenvalue weighted by Crippen LogP contribution is -2.38. The molecule has 1 spiro atoms. The van der Waals surface area contributed by atoms with E-state index in [-0.39, 0.29) is 0 Å². The first-order valence-corrected chi connectivity index (χ1v) is 14.2. The van der Waals surface area contributed by atoms with Crippen LogP contribution >= 0.6 is 31.9 Å². The van der Waals surface area contributed by atoms with Gasteiger partial charge in [0.15, 0.2) is 0 Å². The Morgan fingerprint density at radius 3 is 1.94 bits per heavy atom. The Hall–Kier alpha value is -2.36. The molecule has 0 aliphatic heterocycles. The number of hydrogen-bond acceptors (Lipinski definition) is 1. The minimum absolute atomic E-state index is 0.637. The van der Waals surface area contributed by atoms with Crippen LogP contribution in [0.3, 0.4) is 0 Å². The molecule has 0 radical (unpaired) electrons. The predicted molar refractivity (Wildman–Crippen MR) is 153 cm³/mol. The van der Waals surface area contributed by atoms with Crippen molar-refractivity contribution in [2.45, 2.75) is 43.9 Å². The summed E-state index contributed by atoms with van der Waals surface area (Å²) in [6, 6.07) is 33.5. The SMILES string of the molecule is Brc1ccc(N(c2ccc(Br)cc2)c2cccc(-c3ccc4c(c3)C3CCC35CCC4C5)c2)cc1. The van der Waals surface area contributed by atoms with Crippen LogP contribution in [0.4, 0.5) is 17.1 Å². The van der Waals surface area contributed by atoms with Crippen molar-refractivity contribution in [3.8, 4) is 11.1 Å². The van der Waals surface area contributed by atoms with Gasteiger partial charge in [-0.2, -0.15) is 0 Å². The molecule has 3 aliphatic carbocycles. The second kappa shape index (κ2) is 8.35. The van der Waals surface area contributed by atoms with E-state index in [2.05, 4.69) is 128 Å². The van der Waals surface area contributed by atoms with Gasteiger partial charge in [0, 0.05) is 26.0 Å². The molecule has 2 fully saturated rings. The maximum atomic E-state index is 3.59. The van der Waals surface area contributed by atoms with Crippen molar-refractivity contribution in [3.05, 3.63) is 111 Å². The lowest BCUT2D eigenvalue weighted by atomic mass is 9.53. The topological polar surface area (TPSA) is 3.24 Å². The third-order valence-corrected chi connectivity index (χ3v) is 9.88. The summed E-state index contributed by atoms with van der Waals surface area (Å²) in [5.74, 6) is 1.59. The Labute approximate surface area is 224 Å². The van der Waals surface area contributed by atoms with Crippen LogP contribution < -0.4 is 4.90 Å². The van der Waals surface area contributed by atoms with E-state index in [1.807, 2.05) is 0 Å². The Morgan fingerprint density at radius 2 is 1.29 bits per heavy atom. The van der Waals surface area contributed by atoms with E-state index in [1.165, 1.54) is 48.9 Å². The Morgan fingerprint density at radius 1 is 0.629 bits per heavy atom. The molecule has 0 saturated heterocycles. The highest BCUT2D eigenvalue weighted by Gasteiger charge is 2.55. The lowest BCUT2D eigenvalue weighted by molar-refractivity contribution is 0.0879. The quantitative estimate of drug-likeness (QED) is 0.230. The molecule has 2 saturated carbocycles. The van der Waals surface area contributed by atoms with Gasteiger partial charge in [-0.25, -0.2) is 0 Å². The van der Waals surface area contributed by atoms with Crippen molar-refractivity contribution in [3.63, 3.8) is 0 Å². The summed E-state index contributed by atoms with van der Waals surface area (Å²) in [6.45, 7) is 0. The molecule has 3 unspecified atom stereocenters. The molecule has 3 aliphatic rings. The van der Waals surface area contributed by atoms with Gasteiger partial charge in [-0.1, -0.05) is 62.2 Å². The zero-order valence-corrected chi connectivity index (χ0v) is 22.7. The van der Waals surface area contributed by atoms with Crippen molar-refractivity contribution >= 4 is 48.9 Å². The number of anilines is 3. The van der Waals surface area contributed by atoms with Gasteiger partial charge in [0.25, 0.3) is 0 Å². The first-order chi connectivity index (χ1) is 17.1. The second-order valence-corrected chi connectivity index (χ2v) is 12.4. The molecule has 0 heterocycles.